The molecule has 2 rings (SSSR count). The second-order valence-corrected chi connectivity index (χ2v) is 4.15. The molecule has 68 valence electrons. The van der Waals surface area contributed by atoms with Gasteiger partial charge in [-0.1, -0.05) is 19.3 Å². The maximum absolute atomic E-state index is 11.1. The van der Waals surface area contributed by atoms with E-state index in [0.29, 0.717) is 0 Å². The van der Waals surface area contributed by atoms with E-state index in [1.54, 1.807) is 0 Å². The third-order valence-corrected chi connectivity index (χ3v) is 3.37. The van der Waals surface area contributed by atoms with Gasteiger partial charge in [0.15, 0.2) is 0 Å². The Morgan fingerprint density at radius 2 is 1.83 bits per heavy atom. The van der Waals surface area contributed by atoms with Crippen LogP contribution in [0.1, 0.15) is 38.5 Å². The Kier molecular flexibility index (Phi) is 2.33. The van der Waals surface area contributed by atoms with Crippen molar-refractivity contribution in [3.63, 3.8) is 0 Å². The molecular formula is C10H17NO. The van der Waals surface area contributed by atoms with Gasteiger partial charge in [0.05, 0.1) is 0 Å². The molecule has 0 aromatic rings. The van der Waals surface area contributed by atoms with Crippen LogP contribution in [-0.2, 0) is 4.79 Å². The molecule has 2 heteroatoms. The molecular weight excluding hydrogens is 150 g/mol. The molecule has 1 aliphatic heterocycles. The van der Waals surface area contributed by atoms with Crippen LogP contribution in [0.3, 0.4) is 0 Å². The van der Waals surface area contributed by atoms with E-state index in [9.17, 15) is 4.79 Å². The van der Waals surface area contributed by atoms with Gasteiger partial charge in [-0.15, -0.1) is 0 Å². The predicted molar refractivity (Wildman–Crippen MR) is 47.7 cm³/mol. The largest absolute Gasteiger partial charge is 0.356 e. The summed E-state index contributed by atoms with van der Waals surface area (Å²) in [6, 6.07) is 0. The van der Waals surface area contributed by atoms with Crippen LogP contribution >= 0.6 is 0 Å². The van der Waals surface area contributed by atoms with Crippen molar-refractivity contribution in [3.8, 4) is 0 Å². The quantitative estimate of drug-likeness (QED) is 0.584. The molecule has 0 bridgehead atoms. The van der Waals surface area contributed by atoms with Crippen molar-refractivity contribution in [1.82, 2.24) is 5.32 Å². The molecule has 12 heavy (non-hydrogen) atoms. The molecule has 2 atom stereocenters. The van der Waals surface area contributed by atoms with E-state index in [-0.39, 0.29) is 5.91 Å². The lowest BCUT2D eigenvalue weighted by atomic mass is 9.78. The lowest BCUT2D eigenvalue weighted by Crippen LogP contribution is -2.29. The summed E-state index contributed by atoms with van der Waals surface area (Å²) in [6.45, 7) is 0.948. The maximum atomic E-state index is 11.1. The SMILES string of the molecule is O=C1CCC2CCCCC2CN1. The number of carbonyl (C=O) groups is 1. The fourth-order valence-corrected chi connectivity index (χ4v) is 2.58. The minimum atomic E-state index is 0.268. The summed E-state index contributed by atoms with van der Waals surface area (Å²) in [5.74, 6) is 1.91. The van der Waals surface area contributed by atoms with Gasteiger partial charge in [-0.05, 0) is 24.7 Å². The average Bonchev–Trinajstić information content (AvgIpc) is 2.29. The smallest absolute Gasteiger partial charge is 0.220 e. The summed E-state index contributed by atoms with van der Waals surface area (Å²) in [7, 11) is 0. The van der Waals surface area contributed by atoms with Gasteiger partial charge >= 0.3 is 0 Å². The van der Waals surface area contributed by atoms with Crippen molar-refractivity contribution in [1.29, 1.82) is 0 Å². The van der Waals surface area contributed by atoms with E-state index in [0.717, 1.165) is 31.2 Å². The maximum Gasteiger partial charge on any atom is 0.220 e. The molecule has 1 saturated heterocycles. The number of hydrogen-bond acceptors (Lipinski definition) is 1. The van der Waals surface area contributed by atoms with E-state index in [1.807, 2.05) is 0 Å². The Labute approximate surface area is 73.7 Å². The van der Waals surface area contributed by atoms with Crippen molar-refractivity contribution >= 4 is 5.91 Å². The van der Waals surface area contributed by atoms with E-state index < -0.39 is 0 Å². The molecule has 0 spiro atoms. The van der Waals surface area contributed by atoms with Gasteiger partial charge in [0.2, 0.25) is 5.91 Å². The molecule has 0 aromatic heterocycles. The highest BCUT2D eigenvalue weighted by molar-refractivity contribution is 5.76. The van der Waals surface area contributed by atoms with E-state index >= 15 is 0 Å². The first kappa shape index (κ1) is 8.09. The number of rotatable bonds is 0. The molecule has 0 radical (unpaired) electrons. The van der Waals surface area contributed by atoms with Crippen LogP contribution in [0.2, 0.25) is 0 Å². The normalized spacial score (nSPS) is 36.5. The minimum Gasteiger partial charge on any atom is -0.356 e. The summed E-state index contributed by atoms with van der Waals surface area (Å²) >= 11 is 0. The molecule has 1 amide bonds. The Bertz CT molecular complexity index is 161. The van der Waals surface area contributed by atoms with E-state index in [1.165, 1.54) is 25.7 Å². The van der Waals surface area contributed by atoms with Crippen LogP contribution in [0.5, 0.6) is 0 Å². The molecule has 2 nitrogen and oxygen atoms in total. The summed E-state index contributed by atoms with van der Waals surface area (Å²) in [4.78, 5) is 11.1. The van der Waals surface area contributed by atoms with Crippen LogP contribution in [0.15, 0.2) is 0 Å². The van der Waals surface area contributed by atoms with Crippen LogP contribution in [0, 0.1) is 11.8 Å². The molecule has 2 aliphatic rings. The topological polar surface area (TPSA) is 29.1 Å². The van der Waals surface area contributed by atoms with E-state index in [4.69, 9.17) is 0 Å². The first-order valence-electron chi connectivity index (χ1n) is 5.13. The summed E-state index contributed by atoms with van der Waals surface area (Å²) in [5.41, 5.74) is 0. The molecule has 1 N–H and O–H groups in total. The molecule has 1 saturated carbocycles. The zero-order chi connectivity index (χ0) is 8.39. The van der Waals surface area contributed by atoms with Gasteiger partial charge in [0.1, 0.15) is 0 Å². The average molecular weight is 167 g/mol. The fraction of sp³-hybridized carbons (Fsp3) is 0.900. The van der Waals surface area contributed by atoms with Gasteiger partial charge in [-0.25, -0.2) is 0 Å². The third kappa shape index (κ3) is 1.62. The van der Waals surface area contributed by atoms with Crippen LogP contribution in [-0.4, -0.2) is 12.5 Å². The number of amides is 1. The highest BCUT2D eigenvalue weighted by atomic mass is 16.1. The standard InChI is InChI=1S/C10H17NO/c12-10-6-5-8-3-1-2-4-9(8)7-11-10/h8-9H,1-7H2,(H,11,12). The Hall–Kier alpha value is -0.530. The van der Waals surface area contributed by atoms with Gasteiger partial charge in [0, 0.05) is 13.0 Å². The second-order valence-electron chi connectivity index (χ2n) is 4.15. The van der Waals surface area contributed by atoms with Crippen molar-refractivity contribution in [2.75, 3.05) is 6.54 Å². The van der Waals surface area contributed by atoms with Gasteiger partial charge in [0.25, 0.3) is 0 Å². The van der Waals surface area contributed by atoms with Gasteiger partial charge in [-0.2, -0.15) is 0 Å². The zero-order valence-electron chi connectivity index (χ0n) is 7.51. The van der Waals surface area contributed by atoms with Gasteiger partial charge in [-0.3, -0.25) is 4.79 Å². The molecule has 2 fully saturated rings. The van der Waals surface area contributed by atoms with Crippen LogP contribution in [0.25, 0.3) is 0 Å². The van der Waals surface area contributed by atoms with Crippen molar-refractivity contribution in [3.05, 3.63) is 0 Å². The number of hydrogen-bond donors (Lipinski definition) is 1. The molecule has 0 aromatic carbocycles. The monoisotopic (exact) mass is 167 g/mol. The zero-order valence-corrected chi connectivity index (χ0v) is 7.51. The number of nitrogens with one attached hydrogen (secondary N) is 1. The first-order valence-corrected chi connectivity index (χ1v) is 5.13. The van der Waals surface area contributed by atoms with E-state index in [2.05, 4.69) is 5.32 Å². The molecule has 2 unspecified atom stereocenters. The third-order valence-electron chi connectivity index (χ3n) is 3.37. The molecule has 1 heterocycles. The Morgan fingerprint density at radius 1 is 1.08 bits per heavy atom. The van der Waals surface area contributed by atoms with Crippen molar-refractivity contribution < 1.29 is 4.79 Å². The lowest BCUT2D eigenvalue weighted by Gasteiger charge is -2.29. The molecule has 1 aliphatic carbocycles. The number of carbonyl (C=O) groups excluding carboxylic acids is 1. The van der Waals surface area contributed by atoms with Crippen LogP contribution in [0.4, 0.5) is 0 Å². The van der Waals surface area contributed by atoms with Crippen molar-refractivity contribution in [2.24, 2.45) is 11.8 Å². The van der Waals surface area contributed by atoms with Crippen molar-refractivity contribution in [2.45, 2.75) is 38.5 Å². The summed E-state index contributed by atoms with van der Waals surface area (Å²) in [6.07, 6.45) is 7.36. The summed E-state index contributed by atoms with van der Waals surface area (Å²) < 4.78 is 0. The predicted octanol–water partition coefficient (Wildman–Crippen LogP) is 1.70. The number of fused-ring (bicyclic) bond motifs is 1. The Balaban J connectivity index is 1.98. The first-order chi connectivity index (χ1) is 5.86. The highest BCUT2D eigenvalue weighted by Crippen LogP contribution is 2.33. The highest BCUT2D eigenvalue weighted by Gasteiger charge is 2.27. The fourth-order valence-electron chi connectivity index (χ4n) is 2.58. The summed E-state index contributed by atoms with van der Waals surface area (Å²) in [5, 5.41) is 3.00. The lowest BCUT2D eigenvalue weighted by molar-refractivity contribution is -0.120. The van der Waals surface area contributed by atoms with Crippen LogP contribution < -0.4 is 5.32 Å². The second kappa shape index (κ2) is 3.46. The minimum absolute atomic E-state index is 0.268. The van der Waals surface area contributed by atoms with Gasteiger partial charge < -0.3 is 5.32 Å². The Morgan fingerprint density at radius 3 is 2.67 bits per heavy atom.